The Bertz CT molecular complexity index is 665. The second kappa shape index (κ2) is 4.15. The lowest BCUT2D eigenvalue weighted by Gasteiger charge is -2.06. The van der Waals surface area contributed by atoms with Crippen molar-refractivity contribution in [1.82, 2.24) is 9.97 Å². The van der Waals surface area contributed by atoms with Crippen LogP contribution >= 0.6 is 11.6 Å². The van der Waals surface area contributed by atoms with Crippen LogP contribution in [0.15, 0.2) is 55.0 Å². The topological polar surface area (TPSA) is 25.8 Å². The van der Waals surface area contributed by atoms with E-state index in [0.29, 0.717) is 0 Å². The molecule has 0 aliphatic rings. The molecule has 3 rings (SSSR count). The monoisotopic (exact) mass is 240 g/mol. The molecule has 82 valence electrons. The summed E-state index contributed by atoms with van der Waals surface area (Å²) >= 11 is 6.28. The van der Waals surface area contributed by atoms with E-state index in [0.717, 1.165) is 27.1 Å². The zero-order chi connectivity index (χ0) is 11.7. The summed E-state index contributed by atoms with van der Waals surface area (Å²) in [6, 6.07) is 13.9. The third-order valence-corrected chi connectivity index (χ3v) is 2.99. The molecule has 2 aromatic carbocycles. The molecule has 0 aliphatic heterocycles. The van der Waals surface area contributed by atoms with Crippen LogP contribution in [-0.4, -0.2) is 9.97 Å². The molecule has 17 heavy (non-hydrogen) atoms. The van der Waals surface area contributed by atoms with Crippen LogP contribution in [0, 0.1) is 0 Å². The zero-order valence-corrected chi connectivity index (χ0v) is 9.72. The lowest BCUT2D eigenvalue weighted by atomic mass is 10.0. The van der Waals surface area contributed by atoms with E-state index in [1.165, 1.54) is 0 Å². The molecule has 1 aromatic heterocycles. The van der Waals surface area contributed by atoms with Crippen LogP contribution in [0.1, 0.15) is 0 Å². The second-order valence-corrected chi connectivity index (χ2v) is 4.19. The molecule has 0 aliphatic carbocycles. The van der Waals surface area contributed by atoms with Gasteiger partial charge in [0.15, 0.2) is 0 Å². The van der Waals surface area contributed by atoms with Gasteiger partial charge in [0.1, 0.15) is 6.33 Å². The van der Waals surface area contributed by atoms with E-state index >= 15 is 0 Å². The Labute approximate surface area is 104 Å². The minimum Gasteiger partial charge on any atom is -0.244 e. The summed E-state index contributed by atoms with van der Waals surface area (Å²) in [7, 11) is 0. The Morgan fingerprint density at radius 2 is 1.82 bits per heavy atom. The number of halogens is 1. The summed E-state index contributed by atoms with van der Waals surface area (Å²) in [5.41, 5.74) is 3.00. The van der Waals surface area contributed by atoms with Gasteiger partial charge in [-0.1, -0.05) is 41.9 Å². The number of aromatic nitrogens is 2. The fourth-order valence-electron chi connectivity index (χ4n) is 1.84. The first kappa shape index (κ1) is 10.2. The lowest BCUT2D eigenvalue weighted by Crippen LogP contribution is -1.84. The number of fused-ring (bicyclic) bond motifs is 1. The highest BCUT2D eigenvalue weighted by Gasteiger charge is 2.05. The van der Waals surface area contributed by atoms with Crippen LogP contribution in [0.3, 0.4) is 0 Å². The highest BCUT2D eigenvalue weighted by molar-refractivity contribution is 6.34. The number of hydrogen-bond acceptors (Lipinski definition) is 2. The molecule has 0 saturated carbocycles. The van der Waals surface area contributed by atoms with E-state index in [9.17, 15) is 0 Å². The van der Waals surface area contributed by atoms with Crippen molar-refractivity contribution in [2.45, 2.75) is 0 Å². The smallest absolute Gasteiger partial charge is 0.116 e. The van der Waals surface area contributed by atoms with E-state index in [-0.39, 0.29) is 0 Å². The Balaban J connectivity index is 2.27. The minimum atomic E-state index is 0.721. The fraction of sp³-hybridized carbons (Fsp3) is 0. The van der Waals surface area contributed by atoms with Gasteiger partial charge < -0.3 is 0 Å². The lowest BCUT2D eigenvalue weighted by molar-refractivity contribution is 1.22. The molecular formula is C14H9ClN2. The number of hydrogen-bond donors (Lipinski definition) is 0. The first-order valence-electron chi connectivity index (χ1n) is 5.29. The molecule has 3 aromatic rings. The van der Waals surface area contributed by atoms with Crippen LogP contribution < -0.4 is 0 Å². The minimum absolute atomic E-state index is 0.721. The summed E-state index contributed by atoms with van der Waals surface area (Å²) in [5.74, 6) is 0. The highest BCUT2D eigenvalue weighted by Crippen LogP contribution is 2.30. The molecule has 0 N–H and O–H groups in total. The molecule has 2 nitrogen and oxygen atoms in total. The van der Waals surface area contributed by atoms with Gasteiger partial charge in [-0.05, 0) is 17.7 Å². The van der Waals surface area contributed by atoms with Crippen molar-refractivity contribution < 1.29 is 0 Å². The van der Waals surface area contributed by atoms with E-state index in [4.69, 9.17) is 11.6 Å². The van der Waals surface area contributed by atoms with Crippen molar-refractivity contribution in [1.29, 1.82) is 0 Å². The maximum atomic E-state index is 6.28. The van der Waals surface area contributed by atoms with Crippen molar-refractivity contribution in [3.63, 3.8) is 0 Å². The Morgan fingerprint density at radius 1 is 1.00 bits per heavy atom. The number of nitrogens with zero attached hydrogens (tertiary/aromatic N) is 2. The highest BCUT2D eigenvalue weighted by atomic mass is 35.5. The van der Waals surface area contributed by atoms with Gasteiger partial charge in [0.25, 0.3) is 0 Å². The molecule has 0 amide bonds. The van der Waals surface area contributed by atoms with Gasteiger partial charge in [0.05, 0.1) is 5.52 Å². The predicted molar refractivity (Wildman–Crippen MR) is 70.0 cm³/mol. The van der Waals surface area contributed by atoms with E-state index in [2.05, 4.69) is 9.97 Å². The average Bonchev–Trinajstić information content (AvgIpc) is 2.39. The zero-order valence-electron chi connectivity index (χ0n) is 8.97. The van der Waals surface area contributed by atoms with Gasteiger partial charge in [0.2, 0.25) is 0 Å². The van der Waals surface area contributed by atoms with Gasteiger partial charge in [0, 0.05) is 22.2 Å². The molecule has 0 saturated heterocycles. The summed E-state index contributed by atoms with van der Waals surface area (Å²) in [6.07, 6.45) is 3.31. The first-order chi connectivity index (χ1) is 8.34. The van der Waals surface area contributed by atoms with Crippen molar-refractivity contribution in [3.8, 4) is 11.1 Å². The maximum Gasteiger partial charge on any atom is 0.116 e. The molecule has 3 heteroatoms. The third-order valence-electron chi connectivity index (χ3n) is 2.68. The van der Waals surface area contributed by atoms with E-state index in [1.807, 2.05) is 42.5 Å². The molecule has 0 fully saturated rings. The Kier molecular flexibility index (Phi) is 2.50. The fourth-order valence-corrected chi connectivity index (χ4v) is 2.12. The molecule has 0 atom stereocenters. The summed E-state index contributed by atoms with van der Waals surface area (Å²) in [4.78, 5) is 8.23. The molecular weight excluding hydrogens is 232 g/mol. The van der Waals surface area contributed by atoms with Gasteiger partial charge in [-0.25, -0.2) is 9.97 Å². The van der Waals surface area contributed by atoms with Gasteiger partial charge in [-0.3, -0.25) is 0 Å². The quantitative estimate of drug-likeness (QED) is 0.644. The van der Waals surface area contributed by atoms with Gasteiger partial charge in [-0.15, -0.1) is 0 Å². The van der Waals surface area contributed by atoms with Crippen molar-refractivity contribution in [3.05, 3.63) is 60.0 Å². The number of rotatable bonds is 1. The standard InChI is InChI=1S/C14H9ClN2/c15-13-6-11-8-16-9-17-14(11)7-12(13)10-4-2-1-3-5-10/h1-9H. The van der Waals surface area contributed by atoms with Crippen LogP contribution in [0.4, 0.5) is 0 Å². The Morgan fingerprint density at radius 3 is 2.65 bits per heavy atom. The van der Waals surface area contributed by atoms with Crippen molar-refractivity contribution in [2.24, 2.45) is 0 Å². The van der Waals surface area contributed by atoms with Gasteiger partial charge in [-0.2, -0.15) is 0 Å². The molecule has 0 unspecified atom stereocenters. The normalized spacial score (nSPS) is 10.6. The largest absolute Gasteiger partial charge is 0.244 e. The molecule has 1 heterocycles. The molecule has 0 spiro atoms. The summed E-state index contributed by atoms with van der Waals surface area (Å²) < 4.78 is 0. The van der Waals surface area contributed by atoms with Crippen LogP contribution in [0.5, 0.6) is 0 Å². The van der Waals surface area contributed by atoms with E-state index in [1.54, 1.807) is 12.5 Å². The third kappa shape index (κ3) is 1.87. The first-order valence-corrected chi connectivity index (χ1v) is 5.67. The Hall–Kier alpha value is -1.93. The van der Waals surface area contributed by atoms with Crippen LogP contribution in [-0.2, 0) is 0 Å². The van der Waals surface area contributed by atoms with E-state index < -0.39 is 0 Å². The van der Waals surface area contributed by atoms with Crippen molar-refractivity contribution >= 4 is 22.5 Å². The summed E-state index contributed by atoms with van der Waals surface area (Å²) in [6.45, 7) is 0. The number of benzene rings is 2. The second-order valence-electron chi connectivity index (χ2n) is 3.78. The summed E-state index contributed by atoms with van der Waals surface area (Å²) in [5, 5.41) is 1.68. The van der Waals surface area contributed by atoms with Crippen LogP contribution in [0.25, 0.3) is 22.0 Å². The molecule has 0 bridgehead atoms. The average molecular weight is 241 g/mol. The molecule has 0 radical (unpaired) electrons. The SMILES string of the molecule is Clc1cc2cncnc2cc1-c1ccccc1. The maximum absolute atomic E-state index is 6.28. The van der Waals surface area contributed by atoms with Gasteiger partial charge >= 0.3 is 0 Å². The van der Waals surface area contributed by atoms with Crippen LogP contribution in [0.2, 0.25) is 5.02 Å². The predicted octanol–water partition coefficient (Wildman–Crippen LogP) is 3.95. The van der Waals surface area contributed by atoms with Crippen molar-refractivity contribution in [2.75, 3.05) is 0 Å².